The van der Waals surface area contributed by atoms with Gasteiger partial charge in [0.2, 0.25) is 5.91 Å². The van der Waals surface area contributed by atoms with Crippen LogP contribution in [0.2, 0.25) is 0 Å². The summed E-state index contributed by atoms with van der Waals surface area (Å²) in [5.74, 6) is -0.284. The van der Waals surface area contributed by atoms with Crippen LogP contribution in [-0.4, -0.2) is 31.1 Å². The lowest BCUT2D eigenvalue weighted by Crippen LogP contribution is -2.31. The van der Waals surface area contributed by atoms with Crippen molar-refractivity contribution in [3.8, 4) is 0 Å². The van der Waals surface area contributed by atoms with E-state index in [1.807, 2.05) is 25.1 Å². The Balaban J connectivity index is 1.83. The van der Waals surface area contributed by atoms with Gasteiger partial charge in [-0.15, -0.1) is 0 Å². The quantitative estimate of drug-likeness (QED) is 0.596. The van der Waals surface area contributed by atoms with Gasteiger partial charge in [-0.05, 0) is 37.5 Å². The molecule has 2 amide bonds. The molecule has 5 nitrogen and oxygen atoms in total. The molecule has 1 saturated heterocycles. The summed E-state index contributed by atoms with van der Waals surface area (Å²) in [4.78, 5) is 23.8. The van der Waals surface area contributed by atoms with Crippen LogP contribution in [0.4, 0.5) is 0 Å². The summed E-state index contributed by atoms with van der Waals surface area (Å²) in [7, 11) is 0. The van der Waals surface area contributed by atoms with Crippen LogP contribution in [0.15, 0.2) is 48.6 Å². The van der Waals surface area contributed by atoms with Gasteiger partial charge in [-0.25, -0.2) is 0 Å². The molecular formula is C19H24N2O3. The average molecular weight is 328 g/mol. The fraction of sp³-hybridized carbons (Fsp3) is 0.368. The first-order valence-electron chi connectivity index (χ1n) is 8.25. The number of carbonyl (C=O) groups excluding carboxylic acids is 2. The molecule has 2 N–H and O–H groups in total. The molecule has 0 radical (unpaired) electrons. The molecule has 0 aromatic heterocycles. The largest absolute Gasteiger partial charge is 0.376 e. The Kier molecular flexibility index (Phi) is 7.23. The predicted octanol–water partition coefficient (Wildman–Crippen LogP) is 2.34. The number of rotatable bonds is 7. The van der Waals surface area contributed by atoms with Crippen LogP contribution in [0.25, 0.3) is 0 Å². The number of ether oxygens (including phenoxy) is 1. The lowest BCUT2D eigenvalue weighted by atomic mass is 10.1. The molecule has 1 heterocycles. The van der Waals surface area contributed by atoms with Crippen molar-refractivity contribution in [2.75, 3.05) is 13.2 Å². The Labute approximate surface area is 142 Å². The van der Waals surface area contributed by atoms with Gasteiger partial charge in [0.15, 0.2) is 0 Å². The van der Waals surface area contributed by atoms with Crippen molar-refractivity contribution in [3.63, 3.8) is 0 Å². The summed E-state index contributed by atoms with van der Waals surface area (Å²) in [6.07, 6.45) is 8.97. The van der Waals surface area contributed by atoms with Crippen LogP contribution >= 0.6 is 0 Å². The lowest BCUT2D eigenvalue weighted by molar-refractivity contribution is -0.116. The van der Waals surface area contributed by atoms with Gasteiger partial charge >= 0.3 is 0 Å². The number of hydrogen-bond acceptors (Lipinski definition) is 3. The van der Waals surface area contributed by atoms with Crippen molar-refractivity contribution in [3.05, 3.63) is 59.7 Å². The van der Waals surface area contributed by atoms with E-state index < -0.39 is 0 Å². The van der Waals surface area contributed by atoms with Crippen LogP contribution in [0.3, 0.4) is 0 Å². The summed E-state index contributed by atoms with van der Waals surface area (Å²) in [6, 6.07) is 7.26. The van der Waals surface area contributed by atoms with E-state index in [0.717, 1.165) is 25.0 Å². The van der Waals surface area contributed by atoms with Crippen molar-refractivity contribution in [1.82, 2.24) is 10.6 Å². The summed E-state index contributed by atoms with van der Waals surface area (Å²) in [5, 5.41) is 5.69. The van der Waals surface area contributed by atoms with Crippen molar-refractivity contribution < 1.29 is 14.3 Å². The molecule has 0 bridgehead atoms. The van der Waals surface area contributed by atoms with Crippen molar-refractivity contribution in [2.45, 2.75) is 32.4 Å². The third-order valence-corrected chi connectivity index (χ3v) is 3.72. The zero-order valence-electron chi connectivity index (χ0n) is 14.0. The second kappa shape index (κ2) is 9.67. The minimum absolute atomic E-state index is 0.119. The minimum atomic E-state index is -0.165. The molecule has 1 aliphatic rings. The second-order valence-corrected chi connectivity index (χ2v) is 5.65. The molecule has 128 valence electrons. The number of allylic oxidation sites excluding steroid dienone is 3. The van der Waals surface area contributed by atoms with E-state index in [1.165, 1.54) is 6.08 Å². The molecule has 0 saturated carbocycles. The minimum Gasteiger partial charge on any atom is -0.376 e. The molecule has 0 spiro atoms. The maximum Gasteiger partial charge on any atom is 0.251 e. The zero-order chi connectivity index (χ0) is 17.2. The number of carbonyl (C=O) groups is 2. The fourth-order valence-corrected chi connectivity index (χ4v) is 2.44. The highest BCUT2D eigenvalue weighted by atomic mass is 16.5. The maximum absolute atomic E-state index is 12.2. The summed E-state index contributed by atoms with van der Waals surface area (Å²) < 4.78 is 5.49. The van der Waals surface area contributed by atoms with E-state index in [1.54, 1.807) is 24.3 Å². The van der Waals surface area contributed by atoms with E-state index >= 15 is 0 Å². The summed E-state index contributed by atoms with van der Waals surface area (Å²) in [5.41, 5.74) is 1.47. The third kappa shape index (κ3) is 6.01. The molecule has 1 aromatic rings. The first-order chi connectivity index (χ1) is 11.7. The van der Waals surface area contributed by atoms with Gasteiger partial charge in [-0.2, -0.15) is 0 Å². The highest BCUT2D eigenvalue weighted by Gasteiger charge is 2.16. The molecule has 0 unspecified atom stereocenters. The van der Waals surface area contributed by atoms with Crippen molar-refractivity contribution >= 4 is 11.8 Å². The molecule has 1 fully saturated rings. The first kappa shape index (κ1) is 17.9. The van der Waals surface area contributed by atoms with Crippen molar-refractivity contribution in [1.29, 1.82) is 0 Å². The predicted molar refractivity (Wildman–Crippen MR) is 93.5 cm³/mol. The van der Waals surface area contributed by atoms with E-state index in [4.69, 9.17) is 4.74 Å². The van der Waals surface area contributed by atoms with Gasteiger partial charge in [-0.3, -0.25) is 9.59 Å². The Morgan fingerprint density at radius 1 is 1.29 bits per heavy atom. The van der Waals surface area contributed by atoms with Crippen LogP contribution in [-0.2, 0) is 16.1 Å². The number of hydrogen-bond donors (Lipinski definition) is 2. The van der Waals surface area contributed by atoms with Gasteiger partial charge in [0.1, 0.15) is 0 Å². The summed E-state index contributed by atoms with van der Waals surface area (Å²) >= 11 is 0. The molecule has 2 rings (SSSR count). The average Bonchev–Trinajstić information content (AvgIpc) is 3.12. The third-order valence-electron chi connectivity index (χ3n) is 3.72. The maximum atomic E-state index is 12.2. The van der Waals surface area contributed by atoms with Crippen LogP contribution in [0, 0.1) is 0 Å². The number of amides is 2. The van der Waals surface area contributed by atoms with Gasteiger partial charge in [0.25, 0.3) is 5.91 Å². The van der Waals surface area contributed by atoms with E-state index in [0.29, 0.717) is 18.7 Å². The molecule has 1 aromatic carbocycles. The normalized spacial score (nSPS) is 17.5. The monoisotopic (exact) mass is 328 g/mol. The lowest BCUT2D eigenvalue weighted by Gasteiger charge is -2.11. The Bertz CT molecular complexity index is 617. The van der Waals surface area contributed by atoms with Crippen LogP contribution < -0.4 is 10.6 Å². The molecule has 0 aliphatic carbocycles. The highest BCUT2D eigenvalue weighted by molar-refractivity contribution is 5.94. The molecular weight excluding hydrogens is 304 g/mol. The smallest absolute Gasteiger partial charge is 0.251 e. The summed E-state index contributed by atoms with van der Waals surface area (Å²) in [6.45, 7) is 3.58. The van der Waals surface area contributed by atoms with Crippen LogP contribution in [0.1, 0.15) is 35.7 Å². The molecule has 5 heteroatoms. The fourth-order valence-electron chi connectivity index (χ4n) is 2.44. The SMILES string of the molecule is C/C=C/C=C/C(=O)NCc1cccc(C(=O)NC[C@H]2CCCO2)c1. The van der Waals surface area contributed by atoms with Gasteiger partial charge < -0.3 is 15.4 Å². The van der Waals surface area contributed by atoms with Gasteiger partial charge in [-0.1, -0.05) is 30.4 Å². The van der Waals surface area contributed by atoms with E-state index in [-0.39, 0.29) is 17.9 Å². The second-order valence-electron chi connectivity index (χ2n) is 5.65. The molecule has 24 heavy (non-hydrogen) atoms. The molecule has 1 aliphatic heterocycles. The molecule has 1 atom stereocenters. The Morgan fingerprint density at radius 2 is 2.17 bits per heavy atom. The van der Waals surface area contributed by atoms with E-state index in [2.05, 4.69) is 10.6 Å². The Morgan fingerprint density at radius 3 is 2.92 bits per heavy atom. The van der Waals surface area contributed by atoms with Gasteiger partial charge in [0, 0.05) is 31.3 Å². The first-order valence-corrected chi connectivity index (χ1v) is 8.25. The number of benzene rings is 1. The van der Waals surface area contributed by atoms with E-state index in [9.17, 15) is 9.59 Å². The topological polar surface area (TPSA) is 67.4 Å². The standard InChI is InChI=1S/C19H24N2O3/c1-2-3-4-10-18(22)20-13-15-7-5-8-16(12-15)19(23)21-14-17-9-6-11-24-17/h2-5,7-8,10,12,17H,6,9,11,13-14H2,1H3,(H,20,22)(H,21,23)/b3-2+,10-4+/t17-/m1/s1. The highest BCUT2D eigenvalue weighted by Crippen LogP contribution is 2.11. The van der Waals surface area contributed by atoms with Crippen molar-refractivity contribution in [2.24, 2.45) is 0 Å². The Hall–Kier alpha value is -2.40. The zero-order valence-corrected chi connectivity index (χ0v) is 14.0. The van der Waals surface area contributed by atoms with Gasteiger partial charge in [0.05, 0.1) is 6.10 Å². The number of nitrogens with one attached hydrogen (secondary N) is 2. The van der Waals surface area contributed by atoms with Crippen LogP contribution in [0.5, 0.6) is 0 Å².